The van der Waals surface area contributed by atoms with Gasteiger partial charge in [-0.05, 0) is 88.8 Å². The molecule has 0 spiro atoms. The van der Waals surface area contributed by atoms with E-state index < -0.39 is 7.92 Å². The Morgan fingerprint density at radius 3 is 1.47 bits per heavy atom. The zero-order valence-electron chi connectivity index (χ0n) is 27.7. The molecule has 3 aromatic rings. The van der Waals surface area contributed by atoms with Gasteiger partial charge in [-0.3, -0.25) is 9.59 Å². The van der Waals surface area contributed by atoms with Gasteiger partial charge in [0.05, 0.1) is 21.1 Å². The average molecular weight is 603 g/mol. The molecule has 5 heteroatoms. The van der Waals surface area contributed by atoms with Crippen molar-refractivity contribution in [1.29, 1.82) is 0 Å². The molecular weight excluding hydrogens is 551 g/mol. The number of carbonyl (C=O) groups excluding carboxylic acids is 2. The zero-order chi connectivity index (χ0) is 31.5. The van der Waals surface area contributed by atoms with Crippen LogP contribution in [-0.2, 0) is 0 Å². The summed E-state index contributed by atoms with van der Waals surface area (Å²) in [5.74, 6) is 1.30. The first-order chi connectivity index (χ1) is 20.6. The van der Waals surface area contributed by atoms with Crippen LogP contribution in [-0.4, -0.2) is 24.3 Å². The second-order valence-corrected chi connectivity index (χ2v) is 13.9. The highest BCUT2D eigenvalue weighted by atomic mass is 31.1. The van der Waals surface area contributed by atoms with Gasteiger partial charge in [-0.2, -0.15) is 0 Å². The Balaban J connectivity index is 2.14. The molecule has 0 aliphatic carbocycles. The molecule has 0 aliphatic heterocycles. The Morgan fingerprint density at radius 1 is 0.581 bits per heavy atom. The molecule has 43 heavy (non-hydrogen) atoms. The van der Waals surface area contributed by atoms with Gasteiger partial charge in [0.1, 0.15) is 11.5 Å². The summed E-state index contributed by atoms with van der Waals surface area (Å²) < 4.78 is 12.5. The Hall–Kier alpha value is -2.97. The first-order valence-electron chi connectivity index (χ1n) is 16.0. The zero-order valence-corrected chi connectivity index (χ0v) is 28.6. The van der Waals surface area contributed by atoms with Crippen LogP contribution in [0.25, 0.3) is 0 Å². The topological polar surface area (TPSA) is 52.6 Å². The average Bonchev–Trinajstić information content (AvgIpc) is 2.93. The summed E-state index contributed by atoms with van der Waals surface area (Å²) in [5, 5.41) is 0.664. The minimum absolute atomic E-state index is 0.126. The van der Waals surface area contributed by atoms with Crippen LogP contribution in [0.4, 0.5) is 0 Å². The van der Waals surface area contributed by atoms with Gasteiger partial charge in [-0.1, -0.05) is 87.8 Å². The van der Waals surface area contributed by atoms with E-state index in [9.17, 15) is 9.59 Å². The molecule has 0 heterocycles. The Morgan fingerprint density at radius 2 is 1.02 bits per heavy atom. The maximum Gasteiger partial charge on any atom is 0.197 e. The maximum absolute atomic E-state index is 14.6. The van der Waals surface area contributed by atoms with E-state index in [-0.39, 0.29) is 11.0 Å². The molecule has 3 rings (SSSR count). The molecule has 0 amide bonds. The third kappa shape index (κ3) is 9.26. The van der Waals surface area contributed by atoms with E-state index in [1.807, 2.05) is 84.0 Å². The number of aryl methyl sites for hydroxylation is 6. The monoisotopic (exact) mass is 602 g/mol. The number of hydrogen-bond acceptors (Lipinski definition) is 4. The third-order valence-corrected chi connectivity index (χ3v) is 9.99. The van der Waals surface area contributed by atoms with E-state index in [0.717, 1.165) is 71.9 Å². The lowest BCUT2D eigenvalue weighted by atomic mass is 10.0. The lowest BCUT2D eigenvalue weighted by Gasteiger charge is -2.23. The standard InChI is InChI=1S/C38H51O4P/c1-9-11-13-15-19-41-32-17-18-34(33(25-32)42-20-16-14-12-10-2)43(37(39)35-28(5)21-26(3)22-29(35)6)38(40)36-30(7)23-27(4)24-31(36)8/h17-18,21-25H,9-16,19-20H2,1-8H3. The summed E-state index contributed by atoms with van der Waals surface area (Å²) in [4.78, 5) is 29.3. The molecule has 0 saturated heterocycles. The first kappa shape index (κ1) is 34.5. The van der Waals surface area contributed by atoms with Crippen molar-refractivity contribution in [3.63, 3.8) is 0 Å². The molecule has 0 N–H and O–H groups in total. The van der Waals surface area contributed by atoms with Crippen molar-refractivity contribution in [2.24, 2.45) is 0 Å². The largest absolute Gasteiger partial charge is 0.493 e. The SMILES string of the molecule is CCCCCCOc1ccc(P(C(=O)c2c(C)cc(C)cc2C)C(=O)c2c(C)cc(C)cc2C)c(OCCCCCC)c1. The van der Waals surface area contributed by atoms with E-state index >= 15 is 0 Å². The fourth-order valence-corrected chi connectivity index (χ4v) is 8.23. The van der Waals surface area contributed by atoms with Gasteiger partial charge in [0.15, 0.2) is 11.0 Å². The fourth-order valence-electron chi connectivity index (χ4n) is 5.88. The van der Waals surface area contributed by atoms with Crippen molar-refractivity contribution in [2.75, 3.05) is 13.2 Å². The van der Waals surface area contributed by atoms with Crippen LogP contribution < -0.4 is 14.8 Å². The Labute approximate surface area is 261 Å². The van der Waals surface area contributed by atoms with Gasteiger partial charge in [0.2, 0.25) is 0 Å². The van der Waals surface area contributed by atoms with Gasteiger partial charge in [-0.25, -0.2) is 0 Å². The predicted molar refractivity (Wildman–Crippen MR) is 182 cm³/mol. The number of rotatable bonds is 17. The number of carbonyl (C=O) groups is 2. The highest BCUT2D eigenvalue weighted by Crippen LogP contribution is 2.48. The van der Waals surface area contributed by atoms with Crippen molar-refractivity contribution in [3.8, 4) is 11.5 Å². The van der Waals surface area contributed by atoms with Crippen LogP contribution in [0.1, 0.15) is 119 Å². The van der Waals surface area contributed by atoms with Crippen molar-refractivity contribution < 1.29 is 19.1 Å². The molecule has 0 bridgehead atoms. The number of hydrogen-bond donors (Lipinski definition) is 0. The van der Waals surface area contributed by atoms with Crippen LogP contribution in [0.5, 0.6) is 11.5 Å². The van der Waals surface area contributed by atoms with Gasteiger partial charge >= 0.3 is 0 Å². The van der Waals surface area contributed by atoms with Crippen LogP contribution in [0.15, 0.2) is 42.5 Å². The van der Waals surface area contributed by atoms with Crippen LogP contribution in [0.3, 0.4) is 0 Å². The fraction of sp³-hybridized carbons (Fsp3) is 0.474. The smallest absolute Gasteiger partial charge is 0.197 e. The van der Waals surface area contributed by atoms with Crippen molar-refractivity contribution >= 4 is 24.3 Å². The molecule has 0 saturated carbocycles. The van der Waals surface area contributed by atoms with Crippen molar-refractivity contribution in [1.82, 2.24) is 0 Å². The minimum Gasteiger partial charge on any atom is -0.493 e. The third-order valence-electron chi connectivity index (χ3n) is 7.88. The highest BCUT2D eigenvalue weighted by molar-refractivity contribution is 7.96. The summed E-state index contributed by atoms with van der Waals surface area (Å²) in [5.41, 5.74) is 6.81. The summed E-state index contributed by atoms with van der Waals surface area (Å²) in [6.45, 7) is 17.5. The summed E-state index contributed by atoms with van der Waals surface area (Å²) in [6.07, 6.45) is 8.79. The summed E-state index contributed by atoms with van der Waals surface area (Å²) in [6, 6.07) is 13.8. The number of benzene rings is 3. The molecule has 3 aromatic carbocycles. The second kappa shape index (κ2) is 16.8. The lowest BCUT2D eigenvalue weighted by Crippen LogP contribution is -2.21. The number of unbranched alkanes of at least 4 members (excludes halogenated alkanes) is 6. The summed E-state index contributed by atoms with van der Waals surface area (Å²) >= 11 is 0. The molecule has 0 aromatic heterocycles. The number of ether oxygens (including phenoxy) is 2. The van der Waals surface area contributed by atoms with Crippen molar-refractivity contribution in [2.45, 2.75) is 107 Å². The Kier molecular flexibility index (Phi) is 13.5. The molecule has 0 aliphatic rings. The first-order valence-corrected chi connectivity index (χ1v) is 17.4. The Bertz CT molecular complexity index is 1290. The van der Waals surface area contributed by atoms with Gasteiger partial charge in [-0.15, -0.1) is 0 Å². The molecule has 0 unspecified atom stereocenters. The lowest BCUT2D eigenvalue weighted by molar-refractivity contribution is 0.105. The van der Waals surface area contributed by atoms with E-state index in [4.69, 9.17) is 9.47 Å². The molecule has 232 valence electrons. The molecule has 0 radical (unpaired) electrons. The van der Waals surface area contributed by atoms with Gasteiger partial charge in [0.25, 0.3) is 0 Å². The maximum atomic E-state index is 14.6. The molecule has 4 nitrogen and oxygen atoms in total. The normalized spacial score (nSPS) is 11.2. The predicted octanol–water partition coefficient (Wildman–Crippen LogP) is 10.2. The van der Waals surface area contributed by atoms with Crippen LogP contribution in [0.2, 0.25) is 0 Å². The van der Waals surface area contributed by atoms with E-state index in [2.05, 4.69) is 13.8 Å². The van der Waals surface area contributed by atoms with Gasteiger partial charge < -0.3 is 9.47 Å². The van der Waals surface area contributed by atoms with Crippen LogP contribution in [0, 0.1) is 41.5 Å². The van der Waals surface area contributed by atoms with Gasteiger partial charge in [0, 0.05) is 22.5 Å². The van der Waals surface area contributed by atoms with Crippen LogP contribution >= 0.6 is 7.92 Å². The van der Waals surface area contributed by atoms with E-state index in [1.54, 1.807) is 0 Å². The van der Waals surface area contributed by atoms with Crippen molar-refractivity contribution in [3.05, 3.63) is 87.0 Å². The molecule has 0 fully saturated rings. The highest BCUT2D eigenvalue weighted by Gasteiger charge is 2.36. The summed E-state index contributed by atoms with van der Waals surface area (Å²) in [7, 11) is -1.95. The minimum atomic E-state index is -1.95. The van der Waals surface area contributed by atoms with E-state index in [1.165, 1.54) is 12.8 Å². The van der Waals surface area contributed by atoms with E-state index in [0.29, 0.717) is 41.1 Å². The molecule has 0 atom stereocenters. The quantitative estimate of drug-likeness (QED) is 0.114. The molecular formula is C38H51O4P. The second-order valence-electron chi connectivity index (χ2n) is 11.9.